The van der Waals surface area contributed by atoms with Gasteiger partial charge in [-0.3, -0.25) is 9.59 Å². The van der Waals surface area contributed by atoms with Gasteiger partial charge in [-0.15, -0.1) is 0 Å². The lowest BCUT2D eigenvalue weighted by Gasteiger charge is -2.34. The first-order valence-electron chi connectivity index (χ1n) is 7.96. The van der Waals surface area contributed by atoms with Gasteiger partial charge in [-0.25, -0.2) is 9.97 Å². The summed E-state index contributed by atoms with van der Waals surface area (Å²) in [5, 5.41) is 0. The molecule has 130 valence electrons. The maximum absolute atomic E-state index is 12.6. The predicted octanol–water partition coefficient (Wildman–Crippen LogP) is 0.303. The third-order valence-corrected chi connectivity index (χ3v) is 3.88. The van der Waals surface area contributed by atoms with E-state index < -0.39 is 5.91 Å². The number of hydrogen-bond acceptors (Lipinski definition) is 6. The minimum absolute atomic E-state index is 0.0323. The van der Waals surface area contributed by atoms with E-state index in [9.17, 15) is 9.59 Å². The number of hydrogen-bond donors (Lipinski definition) is 1. The minimum atomic E-state index is -0.541. The lowest BCUT2D eigenvalue weighted by Crippen LogP contribution is -2.49. The van der Waals surface area contributed by atoms with Crippen molar-refractivity contribution in [2.75, 3.05) is 37.7 Å². The number of carbonyl (C=O) groups is 2. The Labute approximate surface area is 145 Å². The van der Waals surface area contributed by atoms with Gasteiger partial charge in [0, 0.05) is 44.1 Å². The Balaban J connectivity index is 1.56. The van der Waals surface area contributed by atoms with Crippen LogP contribution < -0.4 is 15.4 Å². The molecule has 2 N–H and O–H groups in total. The molecule has 3 rings (SSSR count). The van der Waals surface area contributed by atoms with E-state index >= 15 is 0 Å². The molecule has 2 heterocycles. The summed E-state index contributed by atoms with van der Waals surface area (Å²) in [7, 11) is 0. The summed E-state index contributed by atoms with van der Waals surface area (Å²) in [6, 6.07) is 8.46. The third kappa shape index (κ3) is 4.23. The fourth-order valence-electron chi connectivity index (χ4n) is 2.59. The lowest BCUT2D eigenvalue weighted by atomic mass is 10.1. The normalized spacial score (nSPS) is 14.2. The standard InChI is InChI=1S/C17H19N5O3/c18-15(23)12-25-14-4-2-13(3-5-14)16(24)21-8-10-22(11-9-21)17-19-6-1-7-20-17/h1-7H,8-12H2,(H2,18,23). The lowest BCUT2D eigenvalue weighted by molar-refractivity contribution is -0.119. The zero-order chi connectivity index (χ0) is 17.6. The van der Waals surface area contributed by atoms with Gasteiger partial charge < -0.3 is 20.3 Å². The number of benzene rings is 1. The molecule has 8 nitrogen and oxygen atoms in total. The molecule has 1 aromatic carbocycles. The molecule has 1 aromatic heterocycles. The van der Waals surface area contributed by atoms with Gasteiger partial charge in [0.1, 0.15) is 5.75 Å². The van der Waals surface area contributed by atoms with E-state index in [0.29, 0.717) is 43.4 Å². The quantitative estimate of drug-likeness (QED) is 0.839. The highest BCUT2D eigenvalue weighted by Gasteiger charge is 2.23. The van der Waals surface area contributed by atoms with E-state index in [1.54, 1.807) is 47.6 Å². The van der Waals surface area contributed by atoms with E-state index in [-0.39, 0.29) is 12.5 Å². The second-order valence-electron chi connectivity index (χ2n) is 5.61. The number of aromatic nitrogens is 2. The molecule has 1 fully saturated rings. The summed E-state index contributed by atoms with van der Waals surface area (Å²) in [5.41, 5.74) is 5.61. The van der Waals surface area contributed by atoms with Crippen LogP contribution in [-0.4, -0.2) is 59.5 Å². The van der Waals surface area contributed by atoms with Crippen LogP contribution in [0.2, 0.25) is 0 Å². The van der Waals surface area contributed by atoms with Gasteiger partial charge in [0.05, 0.1) is 0 Å². The van der Waals surface area contributed by atoms with Crippen LogP contribution in [0.15, 0.2) is 42.7 Å². The summed E-state index contributed by atoms with van der Waals surface area (Å²) < 4.78 is 5.19. The molecule has 1 aliphatic heterocycles. The summed E-state index contributed by atoms with van der Waals surface area (Å²) in [4.78, 5) is 35.6. The van der Waals surface area contributed by atoms with Crippen molar-refractivity contribution in [3.8, 4) is 5.75 Å². The van der Waals surface area contributed by atoms with Gasteiger partial charge in [0.15, 0.2) is 6.61 Å². The van der Waals surface area contributed by atoms with Gasteiger partial charge in [0.2, 0.25) is 5.95 Å². The van der Waals surface area contributed by atoms with Crippen LogP contribution in [-0.2, 0) is 4.79 Å². The Morgan fingerprint density at radius 1 is 1.04 bits per heavy atom. The van der Waals surface area contributed by atoms with Gasteiger partial charge in [-0.1, -0.05) is 0 Å². The van der Waals surface area contributed by atoms with Crippen LogP contribution in [0.4, 0.5) is 5.95 Å². The molecule has 0 unspecified atom stereocenters. The molecule has 0 atom stereocenters. The van der Waals surface area contributed by atoms with Crippen molar-refractivity contribution >= 4 is 17.8 Å². The molecule has 0 saturated carbocycles. The molecule has 0 aliphatic carbocycles. The Hall–Kier alpha value is -3.16. The van der Waals surface area contributed by atoms with Crippen LogP contribution in [0.5, 0.6) is 5.75 Å². The molecule has 8 heteroatoms. The average molecular weight is 341 g/mol. The molecule has 0 bridgehead atoms. The molecular formula is C17H19N5O3. The molecular weight excluding hydrogens is 322 g/mol. The van der Waals surface area contributed by atoms with Crippen LogP contribution in [0, 0.1) is 0 Å². The van der Waals surface area contributed by atoms with Crippen molar-refractivity contribution in [2.45, 2.75) is 0 Å². The first kappa shape index (κ1) is 16.7. The second-order valence-corrected chi connectivity index (χ2v) is 5.61. The predicted molar refractivity (Wildman–Crippen MR) is 91.3 cm³/mol. The Bertz CT molecular complexity index is 728. The van der Waals surface area contributed by atoms with Crippen LogP contribution in [0.1, 0.15) is 10.4 Å². The summed E-state index contributed by atoms with van der Waals surface area (Å²) in [5.74, 6) is 0.613. The highest BCUT2D eigenvalue weighted by atomic mass is 16.5. The number of anilines is 1. The SMILES string of the molecule is NC(=O)COc1ccc(C(=O)N2CCN(c3ncccn3)CC2)cc1. The topological polar surface area (TPSA) is 102 Å². The number of amides is 2. The summed E-state index contributed by atoms with van der Waals surface area (Å²) >= 11 is 0. The van der Waals surface area contributed by atoms with Gasteiger partial charge in [-0.05, 0) is 30.3 Å². The van der Waals surface area contributed by atoms with Crippen molar-refractivity contribution in [3.63, 3.8) is 0 Å². The summed E-state index contributed by atoms with van der Waals surface area (Å²) in [6.45, 7) is 2.41. The molecule has 2 amide bonds. The van der Waals surface area contributed by atoms with Gasteiger partial charge in [0.25, 0.3) is 11.8 Å². The van der Waals surface area contributed by atoms with Crippen molar-refractivity contribution in [1.29, 1.82) is 0 Å². The van der Waals surface area contributed by atoms with Crippen LogP contribution in [0.3, 0.4) is 0 Å². The maximum atomic E-state index is 12.6. The first-order chi connectivity index (χ1) is 12.1. The number of nitrogens with two attached hydrogens (primary N) is 1. The molecule has 0 radical (unpaired) electrons. The zero-order valence-corrected chi connectivity index (χ0v) is 13.7. The van der Waals surface area contributed by atoms with Crippen LogP contribution in [0.25, 0.3) is 0 Å². The second kappa shape index (κ2) is 7.61. The van der Waals surface area contributed by atoms with Crippen molar-refractivity contribution in [3.05, 3.63) is 48.3 Å². The van der Waals surface area contributed by atoms with E-state index in [1.807, 2.05) is 0 Å². The molecule has 0 spiro atoms. The number of rotatable bonds is 5. The smallest absolute Gasteiger partial charge is 0.255 e. The fraction of sp³-hybridized carbons (Fsp3) is 0.294. The average Bonchev–Trinajstić information content (AvgIpc) is 2.67. The highest BCUT2D eigenvalue weighted by Crippen LogP contribution is 2.16. The monoisotopic (exact) mass is 341 g/mol. The van der Waals surface area contributed by atoms with Gasteiger partial charge in [-0.2, -0.15) is 0 Å². The number of nitrogens with zero attached hydrogens (tertiary/aromatic N) is 4. The van der Waals surface area contributed by atoms with Gasteiger partial charge >= 0.3 is 0 Å². The van der Waals surface area contributed by atoms with Crippen molar-refractivity contribution in [1.82, 2.24) is 14.9 Å². The minimum Gasteiger partial charge on any atom is -0.484 e. The number of primary amides is 1. The number of ether oxygens (including phenoxy) is 1. The Kier molecular flexibility index (Phi) is 5.08. The Morgan fingerprint density at radius 2 is 1.68 bits per heavy atom. The highest BCUT2D eigenvalue weighted by molar-refractivity contribution is 5.94. The number of carbonyl (C=O) groups excluding carboxylic acids is 2. The first-order valence-corrected chi connectivity index (χ1v) is 7.96. The number of piperazine rings is 1. The fourth-order valence-corrected chi connectivity index (χ4v) is 2.59. The third-order valence-electron chi connectivity index (χ3n) is 3.88. The summed E-state index contributed by atoms with van der Waals surface area (Å²) in [6.07, 6.45) is 3.42. The maximum Gasteiger partial charge on any atom is 0.255 e. The van der Waals surface area contributed by atoms with Crippen molar-refractivity contribution < 1.29 is 14.3 Å². The molecule has 2 aromatic rings. The Morgan fingerprint density at radius 3 is 2.28 bits per heavy atom. The molecule has 1 aliphatic rings. The van der Waals surface area contributed by atoms with Crippen LogP contribution >= 0.6 is 0 Å². The van der Waals surface area contributed by atoms with E-state index in [0.717, 1.165) is 0 Å². The zero-order valence-electron chi connectivity index (χ0n) is 13.7. The molecule has 1 saturated heterocycles. The van der Waals surface area contributed by atoms with Crippen molar-refractivity contribution in [2.24, 2.45) is 5.73 Å². The van der Waals surface area contributed by atoms with E-state index in [2.05, 4.69) is 14.9 Å². The van der Waals surface area contributed by atoms with E-state index in [1.165, 1.54) is 0 Å². The largest absolute Gasteiger partial charge is 0.484 e. The van der Waals surface area contributed by atoms with E-state index in [4.69, 9.17) is 10.5 Å². The molecule has 25 heavy (non-hydrogen) atoms.